The summed E-state index contributed by atoms with van der Waals surface area (Å²) >= 11 is 0. The summed E-state index contributed by atoms with van der Waals surface area (Å²) < 4.78 is 5.67. The van der Waals surface area contributed by atoms with Crippen molar-refractivity contribution in [1.29, 1.82) is 0 Å². The topological polar surface area (TPSA) is 38.5 Å². The van der Waals surface area contributed by atoms with E-state index < -0.39 is 0 Å². The van der Waals surface area contributed by atoms with Gasteiger partial charge in [0.15, 0.2) is 0 Å². The molecule has 2 rings (SSSR count). The van der Waals surface area contributed by atoms with E-state index in [2.05, 4.69) is 24.8 Å². The monoisotopic (exact) mass is 206 g/mol. The first-order valence-electron chi connectivity index (χ1n) is 5.32. The van der Waals surface area contributed by atoms with Crippen molar-refractivity contribution >= 4 is 11.4 Å². The van der Waals surface area contributed by atoms with E-state index in [1.165, 1.54) is 0 Å². The molecule has 1 fully saturated rings. The SMILES string of the molecule is CC1(C)CN(c2ccccc2N)CCO1. The fourth-order valence-corrected chi connectivity index (χ4v) is 2.00. The number of hydrogen-bond donors (Lipinski definition) is 1. The molecular weight excluding hydrogens is 188 g/mol. The van der Waals surface area contributed by atoms with Gasteiger partial charge >= 0.3 is 0 Å². The summed E-state index contributed by atoms with van der Waals surface area (Å²) in [5.41, 5.74) is 7.84. The maximum Gasteiger partial charge on any atom is 0.0801 e. The maximum absolute atomic E-state index is 5.96. The second kappa shape index (κ2) is 3.74. The molecule has 1 heterocycles. The Morgan fingerprint density at radius 2 is 2.07 bits per heavy atom. The minimum atomic E-state index is -0.0828. The van der Waals surface area contributed by atoms with Crippen LogP contribution in [0.3, 0.4) is 0 Å². The van der Waals surface area contributed by atoms with Crippen LogP contribution in [0, 0.1) is 0 Å². The Labute approximate surface area is 90.8 Å². The molecule has 1 saturated heterocycles. The predicted molar refractivity (Wildman–Crippen MR) is 63.1 cm³/mol. The van der Waals surface area contributed by atoms with E-state index in [1.807, 2.05) is 18.2 Å². The Bertz CT molecular complexity index is 349. The van der Waals surface area contributed by atoms with Gasteiger partial charge in [0.1, 0.15) is 0 Å². The average molecular weight is 206 g/mol. The fourth-order valence-electron chi connectivity index (χ4n) is 2.00. The third-order valence-corrected chi connectivity index (χ3v) is 2.70. The molecule has 0 aromatic heterocycles. The highest BCUT2D eigenvalue weighted by Crippen LogP contribution is 2.27. The molecule has 0 aliphatic carbocycles. The van der Waals surface area contributed by atoms with E-state index in [9.17, 15) is 0 Å². The zero-order valence-electron chi connectivity index (χ0n) is 9.36. The van der Waals surface area contributed by atoms with Crippen molar-refractivity contribution in [3.8, 4) is 0 Å². The summed E-state index contributed by atoms with van der Waals surface area (Å²) in [5.74, 6) is 0. The Hall–Kier alpha value is -1.22. The minimum Gasteiger partial charge on any atom is -0.397 e. The van der Waals surface area contributed by atoms with Gasteiger partial charge in [-0.15, -0.1) is 0 Å². The van der Waals surface area contributed by atoms with Gasteiger partial charge in [0.05, 0.1) is 23.6 Å². The average Bonchev–Trinajstić information content (AvgIpc) is 2.17. The molecule has 0 saturated carbocycles. The number of ether oxygens (including phenoxy) is 1. The number of nitrogens with zero attached hydrogens (tertiary/aromatic N) is 1. The first-order valence-corrected chi connectivity index (χ1v) is 5.32. The fraction of sp³-hybridized carbons (Fsp3) is 0.500. The molecule has 2 N–H and O–H groups in total. The molecular formula is C12H18N2O. The lowest BCUT2D eigenvalue weighted by molar-refractivity contribution is -0.0276. The number of rotatable bonds is 1. The van der Waals surface area contributed by atoms with Crippen molar-refractivity contribution in [2.24, 2.45) is 0 Å². The highest BCUT2D eigenvalue weighted by Gasteiger charge is 2.27. The van der Waals surface area contributed by atoms with Crippen LogP contribution in [0.1, 0.15) is 13.8 Å². The van der Waals surface area contributed by atoms with Gasteiger partial charge in [0, 0.05) is 13.1 Å². The van der Waals surface area contributed by atoms with Crippen molar-refractivity contribution in [3.05, 3.63) is 24.3 Å². The molecule has 0 spiro atoms. The van der Waals surface area contributed by atoms with Gasteiger partial charge < -0.3 is 15.4 Å². The van der Waals surface area contributed by atoms with Gasteiger partial charge in [-0.05, 0) is 26.0 Å². The molecule has 0 radical (unpaired) electrons. The van der Waals surface area contributed by atoms with Crippen LogP contribution in [0.4, 0.5) is 11.4 Å². The first-order chi connectivity index (χ1) is 7.08. The van der Waals surface area contributed by atoms with Gasteiger partial charge in [-0.1, -0.05) is 12.1 Å². The molecule has 1 aromatic carbocycles. The Balaban J connectivity index is 2.21. The van der Waals surface area contributed by atoms with Crippen molar-refractivity contribution in [3.63, 3.8) is 0 Å². The van der Waals surface area contributed by atoms with Crippen molar-refractivity contribution in [2.75, 3.05) is 30.3 Å². The number of nitrogen functional groups attached to an aromatic ring is 1. The maximum atomic E-state index is 5.96. The molecule has 3 nitrogen and oxygen atoms in total. The third kappa shape index (κ3) is 2.23. The van der Waals surface area contributed by atoms with E-state index in [-0.39, 0.29) is 5.60 Å². The summed E-state index contributed by atoms with van der Waals surface area (Å²) in [4.78, 5) is 2.29. The number of hydrogen-bond acceptors (Lipinski definition) is 3. The normalized spacial score (nSPS) is 20.3. The summed E-state index contributed by atoms with van der Waals surface area (Å²) in [6.45, 7) is 6.79. The van der Waals surface area contributed by atoms with Gasteiger partial charge in [-0.25, -0.2) is 0 Å². The van der Waals surface area contributed by atoms with E-state index in [1.54, 1.807) is 0 Å². The number of benzene rings is 1. The highest BCUT2D eigenvalue weighted by molar-refractivity contribution is 5.67. The quantitative estimate of drug-likeness (QED) is 0.713. The van der Waals surface area contributed by atoms with Crippen LogP contribution < -0.4 is 10.6 Å². The molecule has 3 heteroatoms. The second-order valence-electron chi connectivity index (χ2n) is 4.59. The van der Waals surface area contributed by atoms with Gasteiger partial charge in [-0.3, -0.25) is 0 Å². The molecule has 0 atom stereocenters. The standard InChI is InChI=1S/C12H18N2O/c1-12(2)9-14(7-8-15-12)11-6-4-3-5-10(11)13/h3-6H,7-9,13H2,1-2H3. The zero-order chi connectivity index (χ0) is 10.9. The van der Waals surface area contributed by atoms with Crippen LogP contribution in [0.2, 0.25) is 0 Å². The Morgan fingerprint density at radius 1 is 1.33 bits per heavy atom. The number of para-hydroxylation sites is 2. The van der Waals surface area contributed by atoms with Gasteiger partial charge in [0.2, 0.25) is 0 Å². The van der Waals surface area contributed by atoms with E-state index in [0.717, 1.165) is 31.1 Å². The van der Waals surface area contributed by atoms with Crippen LogP contribution in [-0.4, -0.2) is 25.3 Å². The van der Waals surface area contributed by atoms with Gasteiger partial charge in [-0.2, -0.15) is 0 Å². The lowest BCUT2D eigenvalue weighted by Gasteiger charge is -2.39. The van der Waals surface area contributed by atoms with Crippen LogP contribution in [-0.2, 0) is 4.74 Å². The van der Waals surface area contributed by atoms with Crippen LogP contribution in [0.25, 0.3) is 0 Å². The summed E-state index contributed by atoms with van der Waals surface area (Å²) in [7, 11) is 0. The van der Waals surface area contributed by atoms with Crippen LogP contribution in [0.5, 0.6) is 0 Å². The number of morpholine rings is 1. The molecule has 1 aliphatic rings. The molecule has 1 aromatic rings. The van der Waals surface area contributed by atoms with E-state index in [4.69, 9.17) is 10.5 Å². The zero-order valence-corrected chi connectivity index (χ0v) is 9.36. The van der Waals surface area contributed by atoms with Crippen LogP contribution >= 0.6 is 0 Å². The minimum absolute atomic E-state index is 0.0828. The van der Waals surface area contributed by atoms with Crippen molar-refractivity contribution < 1.29 is 4.74 Å². The van der Waals surface area contributed by atoms with Crippen molar-refractivity contribution in [1.82, 2.24) is 0 Å². The Morgan fingerprint density at radius 3 is 2.73 bits per heavy atom. The number of anilines is 2. The molecule has 1 aliphatic heterocycles. The summed E-state index contributed by atoms with van der Waals surface area (Å²) in [6, 6.07) is 7.99. The summed E-state index contributed by atoms with van der Waals surface area (Å²) in [5, 5.41) is 0. The molecule has 15 heavy (non-hydrogen) atoms. The van der Waals surface area contributed by atoms with Gasteiger partial charge in [0.25, 0.3) is 0 Å². The largest absolute Gasteiger partial charge is 0.397 e. The first kappa shape index (κ1) is 10.3. The number of nitrogens with two attached hydrogens (primary N) is 1. The predicted octanol–water partition coefficient (Wildman–Crippen LogP) is 1.88. The molecule has 0 unspecified atom stereocenters. The van der Waals surface area contributed by atoms with Crippen molar-refractivity contribution in [2.45, 2.75) is 19.4 Å². The molecule has 0 amide bonds. The van der Waals surface area contributed by atoms with E-state index in [0.29, 0.717) is 0 Å². The lowest BCUT2D eigenvalue weighted by atomic mass is 10.1. The second-order valence-corrected chi connectivity index (χ2v) is 4.59. The highest BCUT2D eigenvalue weighted by atomic mass is 16.5. The molecule has 0 bridgehead atoms. The van der Waals surface area contributed by atoms with Crippen LogP contribution in [0.15, 0.2) is 24.3 Å². The molecule has 82 valence electrons. The summed E-state index contributed by atoms with van der Waals surface area (Å²) in [6.07, 6.45) is 0. The smallest absolute Gasteiger partial charge is 0.0801 e. The Kier molecular flexibility index (Phi) is 2.57. The third-order valence-electron chi connectivity index (χ3n) is 2.70. The lowest BCUT2D eigenvalue weighted by Crippen LogP contribution is -2.48. The van der Waals surface area contributed by atoms with E-state index >= 15 is 0 Å².